The quantitative estimate of drug-likeness (QED) is 0.770. The summed E-state index contributed by atoms with van der Waals surface area (Å²) < 4.78 is 27.3. The molecule has 0 saturated carbocycles. The van der Waals surface area contributed by atoms with E-state index in [0.29, 0.717) is 16.4 Å². The van der Waals surface area contributed by atoms with Gasteiger partial charge in [-0.3, -0.25) is 0 Å². The van der Waals surface area contributed by atoms with Crippen LogP contribution in [0.3, 0.4) is 0 Å². The molecular formula is C12H14Cl2N4O2S. The van der Waals surface area contributed by atoms with Crippen molar-refractivity contribution in [3.63, 3.8) is 0 Å². The molecule has 2 rings (SSSR count). The number of aromatic nitrogens is 2. The van der Waals surface area contributed by atoms with E-state index >= 15 is 0 Å². The van der Waals surface area contributed by atoms with Gasteiger partial charge < -0.3 is 10.7 Å². The third-order valence-electron chi connectivity index (χ3n) is 2.87. The van der Waals surface area contributed by atoms with Crippen LogP contribution in [0.15, 0.2) is 29.4 Å². The smallest absolute Gasteiger partial charge is 0.242 e. The Labute approximate surface area is 132 Å². The minimum Gasteiger partial charge on any atom is -0.347 e. The van der Waals surface area contributed by atoms with Gasteiger partial charge in [-0.2, -0.15) is 0 Å². The minimum absolute atomic E-state index is 0.0383. The number of nitrogens with zero attached hydrogens (tertiary/aromatic N) is 1. The number of benzene rings is 1. The summed E-state index contributed by atoms with van der Waals surface area (Å²) in [5, 5.41) is 0.372. The molecule has 1 heterocycles. The monoisotopic (exact) mass is 348 g/mol. The van der Waals surface area contributed by atoms with Crippen LogP contribution < -0.4 is 10.5 Å². The zero-order valence-electron chi connectivity index (χ0n) is 11.1. The lowest BCUT2D eigenvalue weighted by molar-refractivity contribution is 0.561. The zero-order valence-corrected chi connectivity index (χ0v) is 13.4. The molecule has 0 aliphatic carbocycles. The summed E-state index contributed by atoms with van der Waals surface area (Å²) in [6.07, 6.45) is 3.16. The molecule has 114 valence electrons. The molecule has 0 amide bonds. The summed E-state index contributed by atoms with van der Waals surface area (Å²) >= 11 is 11.9. The third-order valence-corrected chi connectivity index (χ3v) is 5.23. The van der Waals surface area contributed by atoms with Gasteiger partial charge in [0.2, 0.25) is 10.0 Å². The van der Waals surface area contributed by atoms with Crippen molar-refractivity contribution in [2.24, 2.45) is 5.73 Å². The Morgan fingerprint density at radius 3 is 2.67 bits per heavy atom. The number of hydrogen-bond acceptors (Lipinski definition) is 4. The second-order valence-corrected chi connectivity index (χ2v) is 6.89. The first kappa shape index (κ1) is 16.3. The second kappa shape index (κ2) is 6.33. The summed E-state index contributed by atoms with van der Waals surface area (Å²) in [6.45, 7) is 1.79. The van der Waals surface area contributed by atoms with Gasteiger partial charge in [0.1, 0.15) is 10.7 Å². The van der Waals surface area contributed by atoms with E-state index in [-0.39, 0.29) is 16.5 Å². The molecule has 0 aliphatic rings. The van der Waals surface area contributed by atoms with Crippen molar-refractivity contribution in [2.45, 2.75) is 24.4 Å². The van der Waals surface area contributed by atoms with Crippen LogP contribution in [0.25, 0.3) is 0 Å². The average molecular weight is 349 g/mol. The first-order valence-electron chi connectivity index (χ1n) is 6.04. The maximum atomic E-state index is 12.4. The van der Waals surface area contributed by atoms with Gasteiger partial charge in [0.15, 0.2) is 0 Å². The van der Waals surface area contributed by atoms with Gasteiger partial charge in [-0.25, -0.2) is 18.1 Å². The lowest BCUT2D eigenvalue weighted by Crippen LogP contribution is -2.28. The first-order chi connectivity index (χ1) is 9.85. The topological polar surface area (TPSA) is 101 Å². The van der Waals surface area contributed by atoms with E-state index in [1.54, 1.807) is 19.3 Å². The van der Waals surface area contributed by atoms with Crippen molar-refractivity contribution in [3.8, 4) is 0 Å². The van der Waals surface area contributed by atoms with E-state index < -0.39 is 16.1 Å². The molecule has 0 radical (unpaired) electrons. The highest BCUT2D eigenvalue weighted by atomic mass is 35.5. The van der Waals surface area contributed by atoms with Crippen molar-refractivity contribution in [1.29, 1.82) is 0 Å². The fourth-order valence-corrected chi connectivity index (χ4v) is 3.88. The Morgan fingerprint density at radius 1 is 1.38 bits per heavy atom. The van der Waals surface area contributed by atoms with Crippen molar-refractivity contribution in [2.75, 3.05) is 0 Å². The van der Waals surface area contributed by atoms with E-state index in [1.807, 2.05) is 0 Å². The largest absolute Gasteiger partial charge is 0.347 e. The number of rotatable bonds is 5. The van der Waals surface area contributed by atoms with E-state index in [1.165, 1.54) is 12.1 Å². The lowest BCUT2D eigenvalue weighted by atomic mass is 10.2. The zero-order chi connectivity index (χ0) is 15.6. The van der Waals surface area contributed by atoms with E-state index in [0.717, 1.165) is 0 Å². The first-order valence-corrected chi connectivity index (χ1v) is 8.28. The van der Waals surface area contributed by atoms with E-state index in [9.17, 15) is 8.42 Å². The molecule has 1 aromatic heterocycles. The number of nitrogens with one attached hydrogen (secondary N) is 2. The Kier molecular flexibility index (Phi) is 4.90. The van der Waals surface area contributed by atoms with Crippen molar-refractivity contribution in [1.82, 2.24) is 14.7 Å². The molecular weight excluding hydrogens is 335 g/mol. The third kappa shape index (κ3) is 3.56. The number of sulfonamides is 1. The van der Waals surface area contributed by atoms with E-state index in [2.05, 4.69) is 14.7 Å². The average Bonchev–Trinajstić information content (AvgIpc) is 2.91. The van der Waals surface area contributed by atoms with Crippen LogP contribution in [-0.2, 0) is 16.6 Å². The van der Waals surface area contributed by atoms with Crippen LogP contribution in [0, 0.1) is 0 Å². The number of aromatic amines is 1. The normalized spacial score (nSPS) is 13.3. The van der Waals surface area contributed by atoms with Gasteiger partial charge in [-0.1, -0.05) is 23.2 Å². The number of imidazole rings is 1. The molecule has 21 heavy (non-hydrogen) atoms. The summed E-state index contributed by atoms with van der Waals surface area (Å²) in [5.41, 5.74) is 6.04. The molecule has 6 nitrogen and oxygen atoms in total. The number of hydrogen-bond donors (Lipinski definition) is 3. The number of halogens is 2. The predicted molar refractivity (Wildman–Crippen MR) is 81.7 cm³/mol. The molecule has 0 saturated heterocycles. The maximum absolute atomic E-state index is 12.4. The Hall–Kier alpha value is -1.12. The van der Waals surface area contributed by atoms with Gasteiger partial charge in [-0.15, -0.1) is 0 Å². The summed E-state index contributed by atoms with van der Waals surface area (Å²) in [7, 11) is -3.82. The highest BCUT2D eigenvalue weighted by Gasteiger charge is 2.23. The van der Waals surface area contributed by atoms with Gasteiger partial charge in [0.05, 0.1) is 11.1 Å². The predicted octanol–water partition coefficient (Wildman–Crippen LogP) is 2.21. The van der Waals surface area contributed by atoms with Gasteiger partial charge in [0.25, 0.3) is 0 Å². The fraction of sp³-hybridized carbons (Fsp3) is 0.250. The Morgan fingerprint density at radius 2 is 2.10 bits per heavy atom. The SMILES string of the molecule is CC(NS(=O)(=O)c1cc(CN)c(Cl)cc1Cl)c1ncc[nH]1. The summed E-state index contributed by atoms with van der Waals surface area (Å²) in [4.78, 5) is 6.79. The lowest BCUT2D eigenvalue weighted by Gasteiger charge is -2.14. The number of nitrogens with two attached hydrogens (primary N) is 1. The van der Waals surface area contributed by atoms with Crippen molar-refractivity contribution < 1.29 is 8.42 Å². The van der Waals surface area contributed by atoms with Crippen molar-refractivity contribution in [3.05, 3.63) is 46.0 Å². The molecule has 2 aromatic rings. The standard InChI is InChI=1S/C12H14Cl2N4O2S/c1-7(12-16-2-3-17-12)18-21(19,20)11-4-8(6-15)9(13)5-10(11)14/h2-5,7,18H,6,15H2,1H3,(H,16,17). The minimum atomic E-state index is -3.82. The van der Waals surface area contributed by atoms with Crippen molar-refractivity contribution >= 4 is 33.2 Å². The molecule has 1 unspecified atom stereocenters. The Balaban J connectivity index is 2.36. The van der Waals surface area contributed by atoms with Crippen LogP contribution in [0.4, 0.5) is 0 Å². The highest BCUT2D eigenvalue weighted by molar-refractivity contribution is 7.89. The molecule has 1 atom stereocenters. The molecule has 1 aromatic carbocycles. The molecule has 4 N–H and O–H groups in total. The van der Waals surface area contributed by atoms with Gasteiger partial charge in [-0.05, 0) is 24.6 Å². The van der Waals surface area contributed by atoms with Crippen LogP contribution in [0.1, 0.15) is 24.4 Å². The van der Waals surface area contributed by atoms with Crippen LogP contribution in [-0.4, -0.2) is 18.4 Å². The summed E-state index contributed by atoms with van der Waals surface area (Å²) in [6, 6.07) is 2.22. The molecule has 0 spiro atoms. The Bertz CT molecular complexity index is 732. The van der Waals surface area contributed by atoms with Crippen LogP contribution >= 0.6 is 23.2 Å². The maximum Gasteiger partial charge on any atom is 0.242 e. The molecule has 9 heteroatoms. The number of H-pyrrole nitrogens is 1. The highest BCUT2D eigenvalue weighted by Crippen LogP contribution is 2.29. The second-order valence-electron chi connectivity index (χ2n) is 4.40. The van der Waals surface area contributed by atoms with Crippen LogP contribution in [0.5, 0.6) is 0 Å². The summed E-state index contributed by atoms with van der Waals surface area (Å²) in [5.74, 6) is 0.503. The molecule has 0 aliphatic heterocycles. The molecule has 0 fully saturated rings. The van der Waals surface area contributed by atoms with Gasteiger partial charge in [0, 0.05) is 24.0 Å². The van der Waals surface area contributed by atoms with Gasteiger partial charge >= 0.3 is 0 Å². The fourth-order valence-electron chi connectivity index (χ4n) is 1.80. The van der Waals surface area contributed by atoms with E-state index in [4.69, 9.17) is 28.9 Å². The molecule has 0 bridgehead atoms. The van der Waals surface area contributed by atoms with Crippen LogP contribution in [0.2, 0.25) is 10.0 Å².